The third-order valence-corrected chi connectivity index (χ3v) is 3.06. The van der Waals surface area contributed by atoms with Crippen molar-refractivity contribution in [3.8, 4) is 11.5 Å². The molecule has 2 aromatic rings. The van der Waals surface area contributed by atoms with Gasteiger partial charge in [0.2, 0.25) is 0 Å². The van der Waals surface area contributed by atoms with Gasteiger partial charge in [0.15, 0.2) is 17.0 Å². The van der Waals surface area contributed by atoms with Crippen LogP contribution in [-0.2, 0) is 17.4 Å². The molecule has 21 heavy (non-hydrogen) atoms. The number of nitrogens with zero attached hydrogens (tertiary/aromatic N) is 3. The molecule has 0 bridgehead atoms. The fraction of sp³-hybridized carbons (Fsp3) is 0.357. The van der Waals surface area contributed by atoms with E-state index in [-0.39, 0.29) is 5.23 Å². The van der Waals surface area contributed by atoms with Crippen molar-refractivity contribution in [3.63, 3.8) is 0 Å². The van der Waals surface area contributed by atoms with Gasteiger partial charge in [-0.3, -0.25) is 0 Å². The molecular formula is C14H17N3O3S. The van der Waals surface area contributed by atoms with Crippen LogP contribution in [-0.4, -0.2) is 31.0 Å². The van der Waals surface area contributed by atoms with Crippen LogP contribution in [0.15, 0.2) is 23.4 Å². The lowest BCUT2D eigenvalue weighted by molar-refractivity contribution is -0.687. The summed E-state index contributed by atoms with van der Waals surface area (Å²) in [5.74, 6) is 1.96. The molecule has 0 fully saturated rings. The molecule has 0 amide bonds. The number of aryl methyl sites for hydroxylation is 1. The van der Waals surface area contributed by atoms with E-state index in [1.165, 1.54) is 0 Å². The maximum atomic E-state index is 5.29. The molecule has 0 aliphatic heterocycles. The van der Waals surface area contributed by atoms with Gasteiger partial charge in [-0.1, -0.05) is 5.10 Å². The predicted molar refractivity (Wildman–Crippen MR) is 81.6 cm³/mol. The van der Waals surface area contributed by atoms with Gasteiger partial charge in [-0.2, -0.15) is 0 Å². The first kappa shape index (κ1) is 15.2. The van der Waals surface area contributed by atoms with E-state index in [4.69, 9.17) is 26.8 Å². The molecular weight excluding hydrogens is 290 g/mol. The standard InChI is InChI=1S/C14H17N3O3S/c1-5-20-14(21)16-17-8-10-6-12(18-3)13(19-4)7-11(10)15-9(17)2/h6-8H,5H2,1-4H3. The zero-order valence-corrected chi connectivity index (χ0v) is 13.2. The van der Waals surface area contributed by atoms with Gasteiger partial charge in [0.05, 0.1) is 26.2 Å². The molecule has 0 aliphatic rings. The van der Waals surface area contributed by atoms with Crippen molar-refractivity contribution in [3.05, 3.63) is 24.2 Å². The largest absolute Gasteiger partial charge is 0.718 e. The molecule has 1 heterocycles. The molecule has 6 nitrogen and oxygen atoms in total. The number of benzene rings is 1. The Labute approximate surface area is 128 Å². The van der Waals surface area contributed by atoms with Crippen LogP contribution in [0.4, 0.5) is 0 Å². The number of fused-ring (bicyclic) bond motifs is 1. The number of ether oxygens (including phenoxy) is 3. The summed E-state index contributed by atoms with van der Waals surface area (Å²) in [7, 11) is 3.18. The van der Waals surface area contributed by atoms with Crippen LogP contribution in [0.5, 0.6) is 11.5 Å². The summed E-state index contributed by atoms with van der Waals surface area (Å²) in [5, 5.41) is 5.22. The van der Waals surface area contributed by atoms with E-state index < -0.39 is 0 Å². The van der Waals surface area contributed by atoms with Gasteiger partial charge in [0, 0.05) is 13.0 Å². The van der Waals surface area contributed by atoms with E-state index in [1.54, 1.807) is 18.9 Å². The Hall–Kier alpha value is -2.15. The fourth-order valence-corrected chi connectivity index (χ4v) is 2.08. The van der Waals surface area contributed by atoms with E-state index in [0.717, 1.165) is 10.9 Å². The minimum absolute atomic E-state index is 0.173. The number of methoxy groups -OCH3 is 2. The van der Waals surface area contributed by atoms with Gasteiger partial charge >= 0.3 is 5.82 Å². The summed E-state index contributed by atoms with van der Waals surface area (Å²) in [4.78, 5) is 4.49. The van der Waals surface area contributed by atoms with Crippen LogP contribution in [0.25, 0.3) is 10.9 Å². The summed E-state index contributed by atoms with van der Waals surface area (Å²) in [6.07, 6.45) is 1.82. The zero-order chi connectivity index (χ0) is 15.4. The highest BCUT2D eigenvalue weighted by molar-refractivity contribution is 7.76. The van der Waals surface area contributed by atoms with E-state index in [0.29, 0.717) is 23.9 Å². The molecule has 0 saturated carbocycles. The highest BCUT2D eigenvalue weighted by atomic mass is 32.1. The van der Waals surface area contributed by atoms with Crippen LogP contribution >= 0.6 is 0 Å². The van der Waals surface area contributed by atoms with Crippen molar-refractivity contribution in [2.45, 2.75) is 13.8 Å². The third-order valence-electron chi connectivity index (χ3n) is 2.87. The summed E-state index contributed by atoms with van der Waals surface area (Å²) in [5.41, 5.74) is 0.791. The lowest BCUT2D eigenvalue weighted by Crippen LogP contribution is -2.34. The van der Waals surface area contributed by atoms with Crippen molar-refractivity contribution >= 4 is 28.8 Å². The van der Waals surface area contributed by atoms with E-state index >= 15 is 0 Å². The predicted octanol–water partition coefficient (Wildman–Crippen LogP) is 1.55. The summed E-state index contributed by atoms with van der Waals surface area (Å²) in [6.45, 7) is 4.18. The number of hydrogen-bond acceptors (Lipinski definition) is 6. The first-order chi connectivity index (χ1) is 10.1. The van der Waals surface area contributed by atoms with E-state index in [2.05, 4.69) is 10.1 Å². The average molecular weight is 307 g/mol. The Morgan fingerprint density at radius 3 is 2.57 bits per heavy atom. The van der Waals surface area contributed by atoms with Gasteiger partial charge in [-0.15, -0.1) is 4.68 Å². The van der Waals surface area contributed by atoms with Crippen molar-refractivity contribution in [1.29, 1.82) is 0 Å². The van der Waals surface area contributed by atoms with Crippen molar-refractivity contribution in [2.75, 3.05) is 20.8 Å². The molecule has 0 aliphatic carbocycles. The lowest BCUT2D eigenvalue weighted by atomic mass is 10.2. The van der Waals surface area contributed by atoms with Crippen LogP contribution < -0.4 is 14.1 Å². The quantitative estimate of drug-likeness (QED) is 0.371. The van der Waals surface area contributed by atoms with Gasteiger partial charge in [0.25, 0.3) is 0 Å². The van der Waals surface area contributed by atoms with Crippen LogP contribution in [0.1, 0.15) is 12.7 Å². The maximum absolute atomic E-state index is 5.29. The molecule has 2 rings (SSSR count). The topological polar surface area (TPSA) is 56.8 Å². The summed E-state index contributed by atoms with van der Waals surface area (Å²) in [6, 6.07) is 3.67. The average Bonchev–Trinajstić information content (AvgIpc) is 2.47. The Kier molecular flexibility index (Phi) is 4.74. The van der Waals surface area contributed by atoms with Crippen LogP contribution in [0.2, 0.25) is 0 Å². The molecule has 7 heteroatoms. The smallest absolute Gasteiger partial charge is 0.321 e. The SMILES string of the molecule is CCO/C([S-])=N\[n+]1cc2cc(OC)c(OC)cc2nc1C. The summed E-state index contributed by atoms with van der Waals surface area (Å²) < 4.78 is 17.3. The number of hydrogen-bond donors (Lipinski definition) is 0. The monoisotopic (exact) mass is 307 g/mol. The second-order valence-electron chi connectivity index (χ2n) is 4.20. The Balaban J connectivity index is 2.56. The third kappa shape index (κ3) is 3.30. The minimum atomic E-state index is 0.173. The molecule has 0 unspecified atom stereocenters. The van der Waals surface area contributed by atoms with Crippen LogP contribution in [0, 0.1) is 6.92 Å². The van der Waals surface area contributed by atoms with Crippen LogP contribution in [0.3, 0.4) is 0 Å². The Bertz CT molecular complexity index is 689. The fourth-order valence-electron chi connectivity index (χ4n) is 1.88. The molecule has 1 aromatic carbocycles. The molecule has 0 saturated heterocycles. The Morgan fingerprint density at radius 1 is 1.29 bits per heavy atom. The molecule has 0 spiro atoms. The van der Waals surface area contributed by atoms with Crippen molar-refractivity contribution < 1.29 is 18.9 Å². The first-order valence-corrected chi connectivity index (χ1v) is 6.83. The molecule has 112 valence electrons. The van der Waals surface area contributed by atoms with Gasteiger partial charge in [-0.05, 0) is 18.0 Å². The summed E-state index contributed by atoms with van der Waals surface area (Å²) >= 11 is 5.02. The lowest BCUT2D eigenvalue weighted by Gasteiger charge is -2.10. The highest BCUT2D eigenvalue weighted by Gasteiger charge is 2.15. The molecule has 0 radical (unpaired) electrons. The van der Waals surface area contributed by atoms with E-state index in [1.807, 2.05) is 32.2 Å². The normalized spacial score (nSPS) is 11.5. The van der Waals surface area contributed by atoms with Crippen molar-refractivity contribution in [1.82, 2.24) is 4.98 Å². The maximum Gasteiger partial charge on any atom is 0.321 e. The molecule has 0 N–H and O–H groups in total. The second kappa shape index (κ2) is 6.53. The Morgan fingerprint density at radius 2 is 1.95 bits per heavy atom. The number of rotatable bonds is 4. The second-order valence-corrected chi connectivity index (χ2v) is 4.55. The highest BCUT2D eigenvalue weighted by Crippen LogP contribution is 2.30. The van der Waals surface area contributed by atoms with Gasteiger partial charge < -0.3 is 26.8 Å². The molecule has 0 atom stereocenters. The van der Waals surface area contributed by atoms with Gasteiger partial charge in [0.1, 0.15) is 11.4 Å². The first-order valence-electron chi connectivity index (χ1n) is 6.42. The molecule has 1 aromatic heterocycles. The van der Waals surface area contributed by atoms with E-state index in [9.17, 15) is 0 Å². The van der Waals surface area contributed by atoms with Crippen molar-refractivity contribution in [2.24, 2.45) is 5.10 Å². The number of aromatic nitrogens is 2. The zero-order valence-electron chi connectivity index (χ0n) is 12.4. The van der Waals surface area contributed by atoms with Gasteiger partial charge in [-0.25, -0.2) is 0 Å². The minimum Gasteiger partial charge on any atom is -0.718 e.